The summed E-state index contributed by atoms with van der Waals surface area (Å²) in [4.78, 5) is 14.4. The van der Waals surface area contributed by atoms with E-state index < -0.39 is 0 Å². The third kappa shape index (κ3) is 4.72. The van der Waals surface area contributed by atoms with E-state index in [2.05, 4.69) is 43.4 Å². The molecule has 1 aromatic carbocycles. The van der Waals surface area contributed by atoms with E-state index >= 15 is 0 Å². The number of carbonyl (C=O) groups excluding carboxylic acids is 1. The predicted molar refractivity (Wildman–Crippen MR) is 90.1 cm³/mol. The number of rotatable bonds is 4. The number of piperidine rings is 1. The fraction of sp³-hybridized carbons (Fsp3) is 0.588. The van der Waals surface area contributed by atoms with Crippen LogP contribution in [-0.4, -0.2) is 37.0 Å². The van der Waals surface area contributed by atoms with E-state index in [1.807, 2.05) is 11.9 Å². The first-order valence-corrected chi connectivity index (χ1v) is 7.62. The lowest BCUT2D eigenvalue weighted by atomic mass is 9.93. The Morgan fingerprint density at radius 1 is 1.33 bits per heavy atom. The molecule has 2 rings (SSSR count). The van der Waals surface area contributed by atoms with Crippen LogP contribution < -0.4 is 5.32 Å². The van der Waals surface area contributed by atoms with Gasteiger partial charge in [0.25, 0.3) is 0 Å². The Kier molecular flexibility index (Phi) is 7.20. The highest BCUT2D eigenvalue weighted by Gasteiger charge is 2.23. The van der Waals surface area contributed by atoms with Gasteiger partial charge < -0.3 is 10.2 Å². The number of likely N-dealkylation sites (tertiary alicyclic amines) is 1. The van der Waals surface area contributed by atoms with Crippen molar-refractivity contribution in [1.29, 1.82) is 0 Å². The van der Waals surface area contributed by atoms with Crippen LogP contribution in [0.15, 0.2) is 24.3 Å². The summed E-state index contributed by atoms with van der Waals surface area (Å²) in [6.45, 7) is 6.06. The van der Waals surface area contributed by atoms with Crippen LogP contribution in [0.1, 0.15) is 43.2 Å². The van der Waals surface area contributed by atoms with Crippen molar-refractivity contribution in [2.24, 2.45) is 0 Å². The average molecular weight is 311 g/mol. The molecule has 0 aromatic heterocycles. The van der Waals surface area contributed by atoms with E-state index in [0.29, 0.717) is 24.3 Å². The topological polar surface area (TPSA) is 32.3 Å². The molecule has 1 aromatic rings. The van der Waals surface area contributed by atoms with Crippen molar-refractivity contribution in [3.05, 3.63) is 35.4 Å². The highest BCUT2D eigenvalue weighted by Crippen LogP contribution is 2.24. The van der Waals surface area contributed by atoms with Crippen LogP contribution in [0.2, 0.25) is 0 Å². The standard InChI is InChI=1S/C17H26N2O.ClH/c1-13-6-4-5-7-16(13)14(2)12-17(20)19-10-8-15(18-3)9-11-19;/h4-7,14-15,18H,8-12H2,1-3H3;1H. The largest absolute Gasteiger partial charge is 0.343 e. The molecule has 4 heteroatoms. The second-order valence-electron chi connectivity index (χ2n) is 5.91. The quantitative estimate of drug-likeness (QED) is 0.926. The molecule has 0 bridgehead atoms. The second kappa shape index (κ2) is 8.40. The summed E-state index contributed by atoms with van der Waals surface area (Å²) in [6.07, 6.45) is 2.76. The molecule has 0 saturated carbocycles. The van der Waals surface area contributed by atoms with Gasteiger partial charge in [0, 0.05) is 25.6 Å². The van der Waals surface area contributed by atoms with Gasteiger partial charge in [0.05, 0.1) is 0 Å². The van der Waals surface area contributed by atoms with Gasteiger partial charge in [0.2, 0.25) is 5.91 Å². The van der Waals surface area contributed by atoms with Gasteiger partial charge in [0.15, 0.2) is 0 Å². The molecular weight excluding hydrogens is 284 g/mol. The molecule has 1 aliphatic rings. The zero-order valence-corrected chi connectivity index (χ0v) is 14.1. The van der Waals surface area contributed by atoms with E-state index in [-0.39, 0.29) is 12.4 Å². The average Bonchev–Trinajstić information content (AvgIpc) is 2.47. The number of halogens is 1. The monoisotopic (exact) mass is 310 g/mol. The Labute approximate surface area is 134 Å². The number of aryl methyl sites for hydroxylation is 1. The Morgan fingerprint density at radius 2 is 1.95 bits per heavy atom. The lowest BCUT2D eigenvalue weighted by molar-refractivity contribution is -0.132. The summed E-state index contributed by atoms with van der Waals surface area (Å²) in [6, 6.07) is 8.94. The van der Waals surface area contributed by atoms with Crippen molar-refractivity contribution in [3.8, 4) is 0 Å². The number of benzene rings is 1. The highest BCUT2D eigenvalue weighted by atomic mass is 35.5. The SMILES string of the molecule is CNC1CCN(C(=O)CC(C)c2ccccc2C)CC1.Cl. The molecule has 0 aliphatic carbocycles. The number of hydrogen-bond donors (Lipinski definition) is 1. The molecule has 1 amide bonds. The van der Waals surface area contributed by atoms with Crippen molar-refractivity contribution in [2.45, 2.75) is 45.1 Å². The second-order valence-corrected chi connectivity index (χ2v) is 5.91. The van der Waals surface area contributed by atoms with Crippen LogP contribution in [0, 0.1) is 6.92 Å². The van der Waals surface area contributed by atoms with Crippen molar-refractivity contribution >= 4 is 18.3 Å². The van der Waals surface area contributed by atoms with Gasteiger partial charge in [-0.05, 0) is 43.9 Å². The molecule has 1 heterocycles. The zero-order valence-electron chi connectivity index (χ0n) is 13.3. The van der Waals surface area contributed by atoms with Crippen LogP contribution >= 0.6 is 12.4 Å². The van der Waals surface area contributed by atoms with Gasteiger partial charge in [-0.2, -0.15) is 0 Å². The van der Waals surface area contributed by atoms with Crippen LogP contribution in [0.3, 0.4) is 0 Å². The van der Waals surface area contributed by atoms with Crippen molar-refractivity contribution < 1.29 is 4.79 Å². The van der Waals surface area contributed by atoms with Crippen LogP contribution in [0.25, 0.3) is 0 Å². The molecule has 0 spiro atoms. The van der Waals surface area contributed by atoms with Crippen LogP contribution in [-0.2, 0) is 4.79 Å². The molecular formula is C17H27ClN2O. The Balaban J connectivity index is 0.00000220. The van der Waals surface area contributed by atoms with Gasteiger partial charge in [-0.25, -0.2) is 0 Å². The first-order chi connectivity index (χ1) is 9.61. The lowest BCUT2D eigenvalue weighted by Gasteiger charge is -2.32. The van der Waals surface area contributed by atoms with E-state index in [0.717, 1.165) is 25.9 Å². The summed E-state index contributed by atoms with van der Waals surface area (Å²) in [5.74, 6) is 0.598. The molecule has 1 atom stereocenters. The number of carbonyl (C=O) groups is 1. The van der Waals surface area contributed by atoms with Crippen LogP contribution in [0.5, 0.6) is 0 Å². The Hall–Kier alpha value is -1.06. The Morgan fingerprint density at radius 3 is 2.52 bits per heavy atom. The fourth-order valence-corrected chi connectivity index (χ4v) is 3.06. The number of nitrogens with zero attached hydrogens (tertiary/aromatic N) is 1. The molecule has 118 valence electrons. The summed E-state index contributed by atoms with van der Waals surface area (Å²) in [7, 11) is 2.00. The number of nitrogens with one attached hydrogen (secondary N) is 1. The molecule has 1 unspecified atom stereocenters. The van der Waals surface area contributed by atoms with Gasteiger partial charge in [0.1, 0.15) is 0 Å². The highest BCUT2D eigenvalue weighted by molar-refractivity contribution is 5.85. The van der Waals surface area contributed by atoms with E-state index in [4.69, 9.17) is 0 Å². The molecule has 1 aliphatic heterocycles. The molecule has 1 fully saturated rings. The summed E-state index contributed by atoms with van der Waals surface area (Å²) < 4.78 is 0. The minimum atomic E-state index is 0. The van der Waals surface area contributed by atoms with Crippen molar-refractivity contribution in [2.75, 3.05) is 20.1 Å². The van der Waals surface area contributed by atoms with Gasteiger partial charge in [-0.3, -0.25) is 4.79 Å². The summed E-state index contributed by atoms with van der Waals surface area (Å²) in [5.41, 5.74) is 2.58. The lowest BCUT2D eigenvalue weighted by Crippen LogP contribution is -2.44. The van der Waals surface area contributed by atoms with Gasteiger partial charge in [-0.1, -0.05) is 31.2 Å². The van der Waals surface area contributed by atoms with Crippen LogP contribution in [0.4, 0.5) is 0 Å². The smallest absolute Gasteiger partial charge is 0.223 e. The van der Waals surface area contributed by atoms with Crippen molar-refractivity contribution in [1.82, 2.24) is 10.2 Å². The normalized spacial score (nSPS) is 17.2. The van der Waals surface area contributed by atoms with Gasteiger partial charge in [-0.15, -0.1) is 12.4 Å². The van der Waals surface area contributed by atoms with Crippen molar-refractivity contribution in [3.63, 3.8) is 0 Å². The Bertz CT molecular complexity index is 456. The maximum atomic E-state index is 12.4. The predicted octanol–water partition coefficient (Wildman–Crippen LogP) is 3.12. The molecule has 1 N–H and O–H groups in total. The number of amides is 1. The van der Waals surface area contributed by atoms with E-state index in [1.165, 1.54) is 11.1 Å². The van der Waals surface area contributed by atoms with Gasteiger partial charge >= 0.3 is 0 Å². The van der Waals surface area contributed by atoms with E-state index in [9.17, 15) is 4.79 Å². The summed E-state index contributed by atoms with van der Waals surface area (Å²) in [5, 5.41) is 3.30. The minimum Gasteiger partial charge on any atom is -0.343 e. The summed E-state index contributed by atoms with van der Waals surface area (Å²) >= 11 is 0. The maximum absolute atomic E-state index is 12.4. The first-order valence-electron chi connectivity index (χ1n) is 7.62. The molecule has 1 saturated heterocycles. The maximum Gasteiger partial charge on any atom is 0.223 e. The zero-order chi connectivity index (χ0) is 14.5. The fourth-order valence-electron chi connectivity index (χ4n) is 3.06. The first kappa shape index (κ1) is 18.0. The van der Waals surface area contributed by atoms with E-state index in [1.54, 1.807) is 0 Å². The third-order valence-corrected chi connectivity index (χ3v) is 4.46. The molecule has 21 heavy (non-hydrogen) atoms. The molecule has 0 radical (unpaired) electrons. The number of hydrogen-bond acceptors (Lipinski definition) is 2. The minimum absolute atomic E-state index is 0. The molecule has 3 nitrogen and oxygen atoms in total. The third-order valence-electron chi connectivity index (χ3n) is 4.46.